The number of thiazole rings is 1. The Morgan fingerprint density at radius 2 is 2.00 bits per heavy atom. The molecule has 11 heteroatoms. The van der Waals surface area contributed by atoms with Gasteiger partial charge in [0.1, 0.15) is 0 Å². The number of nitro benzene ring substituents is 1. The number of nitrogens with zero attached hydrogens (tertiary/aromatic N) is 4. The van der Waals surface area contributed by atoms with Crippen molar-refractivity contribution in [2.75, 3.05) is 5.32 Å². The molecule has 2 aromatic heterocycles. The highest BCUT2D eigenvalue weighted by atomic mass is 32.2. The van der Waals surface area contributed by atoms with Gasteiger partial charge < -0.3 is 9.84 Å². The highest BCUT2D eigenvalue weighted by molar-refractivity contribution is 8.01. The fourth-order valence-corrected chi connectivity index (χ4v) is 4.63. The smallest absolute Gasteiger partial charge is 0.284 e. The van der Waals surface area contributed by atoms with Crippen molar-refractivity contribution >= 4 is 40.4 Å². The summed E-state index contributed by atoms with van der Waals surface area (Å²) in [5.74, 6) is 0.248. The summed E-state index contributed by atoms with van der Waals surface area (Å²) in [4.78, 5) is 32.9. The lowest BCUT2D eigenvalue weighted by molar-refractivity contribution is -0.387. The molecule has 0 bridgehead atoms. The van der Waals surface area contributed by atoms with E-state index in [4.69, 9.17) is 4.52 Å². The van der Waals surface area contributed by atoms with Crippen molar-refractivity contribution in [2.24, 2.45) is 0 Å². The first-order chi connectivity index (χ1) is 14.9. The molecular formula is C20H15N5O4S2. The van der Waals surface area contributed by atoms with Crippen molar-refractivity contribution in [1.82, 2.24) is 15.1 Å². The Balaban J connectivity index is 1.61. The number of nitro groups is 1. The molecular weight excluding hydrogens is 438 g/mol. The molecule has 0 atom stereocenters. The van der Waals surface area contributed by atoms with Crippen molar-refractivity contribution < 1.29 is 14.2 Å². The van der Waals surface area contributed by atoms with Gasteiger partial charge in [-0.1, -0.05) is 29.1 Å². The molecule has 0 unspecified atom stereocenters. The Morgan fingerprint density at radius 1 is 1.19 bits per heavy atom. The number of rotatable bonds is 6. The van der Waals surface area contributed by atoms with Crippen LogP contribution in [0.1, 0.15) is 21.9 Å². The molecule has 0 saturated heterocycles. The van der Waals surface area contributed by atoms with Crippen LogP contribution in [-0.2, 0) is 0 Å². The molecule has 4 rings (SSSR count). The zero-order chi connectivity index (χ0) is 22.0. The predicted molar refractivity (Wildman–Crippen MR) is 116 cm³/mol. The number of nitrogens with one attached hydrogen (secondary N) is 1. The molecule has 2 aromatic carbocycles. The van der Waals surface area contributed by atoms with Crippen molar-refractivity contribution in [2.45, 2.75) is 23.1 Å². The van der Waals surface area contributed by atoms with Gasteiger partial charge in [0.05, 0.1) is 15.5 Å². The van der Waals surface area contributed by atoms with E-state index in [0.717, 1.165) is 5.69 Å². The second kappa shape index (κ2) is 8.66. The molecule has 1 N–H and O–H groups in total. The number of aryl methyl sites for hydroxylation is 2. The van der Waals surface area contributed by atoms with Gasteiger partial charge >= 0.3 is 0 Å². The summed E-state index contributed by atoms with van der Waals surface area (Å²) >= 11 is 2.61. The molecule has 9 nitrogen and oxygen atoms in total. The minimum Gasteiger partial charge on any atom is -0.339 e. The number of hydrogen-bond donors (Lipinski definition) is 1. The van der Waals surface area contributed by atoms with Crippen LogP contribution in [0.15, 0.2) is 61.6 Å². The van der Waals surface area contributed by atoms with Crippen LogP contribution in [0.3, 0.4) is 0 Å². The Morgan fingerprint density at radius 3 is 2.68 bits per heavy atom. The number of para-hydroxylation sites is 1. The molecule has 0 spiro atoms. The van der Waals surface area contributed by atoms with E-state index in [1.165, 1.54) is 29.2 Å². The largest absolute Gasteiger partial charge is 0.339 e. The minimum atomic E-state index is -0.504. The number of benzene rings is 2. The van der Waals surface area contributed by atoms with Crippen LogP contribution in [-0.4, -0.2) is 26.0 Å². The van der Waals surface area contributed by atoms with E-state index in [-0.39, 0.29) is 11.3 Å². The first-order valence-corrected chi connectivity index (χ1v) is 10.7. The maximum absolute atomic E-state index is 12.8. The average Bonchev–Trinajstić information content (AvgIpc) is 3.36. The molecule has 1 amide bonds. The van der Waals surface area contributed by atoms with E-state index in [1.807, 2.05) is 12.3 Å². The molecule has 0 fully saturated rings. The number of amides is 1. The van der Waals surface area contributed by atoms with Crippen LogP contribution in [0.25, 0.3) is 11.4 Å². The second-order valence-electron chi connectivity index (χ2n) is 6.43. The van der Waals surface area contributed by atoms with Crippen molar-refractivity contribution in [3.05, 3.63) is 75.1 Å². The van der Waals surface area contributed by atoms with Crippen LogP contribution >= 0.6 is 23.1 Å². The van der Waals surface area contributed by atoms with Crippen LogP contribution in [0.4, 0.5) is 11.4 Å². The predicted octanol–water partition coefficient (Wildman–Crippen LogP) is 5.12. The SMILES string of the molecule is Cc1csc(Sc2ccc(C(=O)Nc3ccccc3-c3noc(C)n3)cc2[N+](=O)[O-])n1. The van der Waals surface area contributed by atoms with Crippen molar-refractivity contribution in [3.8, 4) is 11.4 Å². The standard InChI is InChI=1S/C20H15N5O4S2/c1-11-10-30-20(21-11)31-17-8-7-13(9-16(17)25(27)28)19(26)23-15-6-4-3-5-14(15)18-22-12(2)29-24-18/h3-10H,1-2H3,(H,23,26). The fourth-order valence-electron chi connectivity index (χ4n) is 2.75. The molecule has 0 aliphatic heterocycles. The minimum absolute atomic E-state index is 0.158. The fraction of sp³-hybridized carbons (Fsp3) is 0.100. The lowest BCUT2D eigenvalue weighted by Gasteiger charge is -2.09. The summed E-state index contributed by atoms with van der Waals surface area (Å²) in [6, 6.07) is 11.4. The summed E-state index contributed by atoms with van der Waals surface area (Å²) < 4.78 is 5.71. The Bertz CT molecular complexity index is 1280. The number of anilines is 1. The Kier molecular flexibility index (Phi) is 5.78. The third-order valence-corrected chi connectivity index (χ3v) is 6.28. The molecule has 0 aliphatic rings. The van der Waals surface area contributed by atoms with Gasteiger partial charge in [-0.2, -0.15) is 4.98 Å². The van der Waals surface area contributed by atoms with Gasteiger partial charge in [0, 0.05) is 35.2 Å². The molecule has 4 aromatic rings. The monoisotopic (exact) mass is 453 g/mol. The maximum Gasteiger partial charge on any atom is 0.284 e. The third-order valence-electron chi connectivity index (χ3n) is 4.16. The van der Waals surface area contributed by atoms with Gasteiger partial charge in [0.2, 0.25) is 11.7 Å². The van der Waals surface area contributed by atoms with E-state index in [2.05, 4.69) is 20.4 Å². The number of carbonyl (C=O) groups is 1. The van der Waals surface area contributed by atoms with Gasteiger partial charge in [-0.3, -0.25) is 14.9 Å². The average molecular weight is 454 g/mol. The molecule has 0 radical (unpaired) electrons. The lowest BCUT2D eigenvalue weighted by atomic mass is 10.1. The van der Waals surface area contributed by atoms with Gasteiger partial charge in [0.15, 0.2) is 4.34 Å². The number of hydrogen-bond acceptors (Lipinski definition) is 9. The van der Waals surface area contributed by atoms with E-state index >= 15 is 0 Å². The molecule has 156 valence electrons. The van der Waals surface area contributed by atoms with Gasteiger partial charge in [-0.05, 0) is 31.2 Å². The summed E-state index contributed by atoms with van der Waals surface area (Å²) in [6.07, 6.45) is 0. The van der Waals surface area contributed by atoms with Crippen LogP contribution < -0.4 is 5.32 Å². The first-order valence-electron chi connectivity index (χ1n) is 9.00. The summed E-state index contributed by atoms with van der Waals surface area (Å²) in [6.45, 7) is 3.53. The topological polar surface area (TPSA) is 124 Å². The number of carbonyl (C=O) groups excluding carboxylic acids is 1. The van der Waals surface area contributed by atoms with Crippen LogP contribution in [0.5, 0.6) is 0 Å². The zero-order valence-electron chi connectivity index (χ0n) is 16.4. The van der Waals surface area contributed by atoms with Crippen LogP contribution in [0.2, 0.25) is 0 Å². The summed E-state index contributed by atoms with van der Waals surface area (Å²) in [7, 11) is 0. The molecule has 31 heavy (non-hydrogen) atoms. The lowest BCUT2D eigenvalue weighted by Crippen LogP contribution is -2.13. The summed E-state index contributed by atoms with van der Waals surface area (Å²) in [5, 5.41) is 20.1. The molecule has 2 heterocycles. The van der Waals surface area contributed by atoms with Crippen molar-refractivity contribution in [1.29, 1.82) is 0 Å². The third kappa shape index (κ3) is 4.62. The van der Waals surface area contributed by atoms with Gasteiger partial charge in [-0.25, -0.2) is 4.98 Å². The summed E-state index contributed by atoms with van der Waals surface area (Å²) in [5.41, 5.74) is 1.89. The quantitative estimate of drug-likeness (QED) is 0.315. The van der Waals surface area contributed by atoms with E-state index < -0.39 is 10.8 Å². The first kappa shape index (κ1) is 20.7. The van der Waals surface area contributed by atoms with Crippen molar-refractivity contribution in [3.63, 3.8) is 0 Å². The normalized spacial score (nSPS) is 10.8. The maximum atomic E-state index is 12.8. The zero-order valence-corrected chi connectivity index (χ0v) is 18.0. The molecule has 0 saturated carbocycles. The Labute approximate surface area is 184 Å². The van der Waals surface area contributed by atoms with Crippen LogP contribution in [0, 0.1) is 24.0 Å². The van der Waals surface area contributed by atoms with E-state index in [9.17, 15) is 14.9 Å². The van der Waals surface area contributed by atoms with E-state index in [1.54, 1.807) is 43.3 Å². The second-order valence-corrected chi connectivity index (χ2v) is 8.58. The molecule has 0 aliphatic carbocycles. The number of aromatic nitrogens is 3. The highest BCUT2D eigenvalue weighted by Crippen LogP contribution is 2.37. The highest BCUT2D eigenvalue weighted by Gasteiger charge is 2.20. The van der Waals surface area contributed by atoms with E-state index in [0.29, 0.717) is 32.2 Å². The van der Waals surface area contributed by atoms with Gasteiger partial charge in [0.25, 0.3) is 11.6 Å². The Hall–Kier alpha value is -3.57. The van der Waals surface area contributed by atoms with Gasteiger partial charge in [-0.15, -0.1) is 11.3 Å².